The van der Waals surface area contributed by atoms with Gasteiger partial charge in [-0.05, 0) is 30.5 Å². The second-order valence-corrected chi connectivity index (χ2v) is 6.45. The van der Waals surface area contributed by atoms with E-state index >= 15 is 0 Å². The molecule has 27 heavy (non-hydrogen) atoms. The van der Waals surface area contributed by atoms with Crippen molar-refractivity contribution in [3.05, 3.63) is 69.4 Å². The van der Waals surface area contributed by atoms with Crippen LogP contribution >= 0.6 is 0 Å². The van der Waals surface area contributed by atoms with Gasteiger partial charge < -0.3 is 9.84 Å². The number of carbonyl (C=O) groups excluding carboxylic acids is 1. The van der Waals surface area contributed by atoms with Crippen LogP contribution in [0, 0.1) is 17.0 Å². The highest BCUT2D eigenvalue weighted by molar-refractivity contribution is 6.03. The lowest BCUT2D eigenvalue weighted by Crippen LogP contribution is -2.16. The van der Waals surface area contributed by atoms with Crippen molar-refractivity contribution in [1.82, 2.24) is 14.9 Å². The molecule has 0 saturated carbocycles. The van der Waals surface area contributed by atoms with Gasteiger partial charge in [-0.2, -0.15) is 5.10 Å². The number of hydrogen-bond acceptors (Lipinski definition) is 6. The highest BCUT2D eigenvalue weighted by Gasteiger charge is 2.21. The van der Waals surface area contributed by atoms with E-state index < -0.39 is 10.8 Å². The largest absolute Gasteiger partial charge is 0.361 e. The minimum absolute atomic E-state index is 0.124. The Kier molecular flexibility index (Phi) is 5.02. The van der Waals surface area contributed by atoms with E-state index in [-0.39, 0.29) is 17.9 Å². The van der Waals surface area contributed by atoms with Crippen LogP contribution in [0.2, 0.25) is 0 Å². The van der Waals surface area contributed by atoms with Crippen molar-refractivity contribution in [2.75, 3.05) is 5.32 Å². The van der Waals surface area contributed by atoms with Crippen molar-refractivity contribution < 1.29 is 14.2 Å². The van der Waals surface area contributed by atoms with Gasteiger partial charge in [0.25, 0.3) is 5.91 Å². The fraction of sp³-hybridized carbons (Fsp3) is 0.278. The van der Waals surface area contributed by atoms with Crippen molar-refractivity contribution in [1.29, 1.82) is 0 Å². The first kappa shape index (κ1) is 18.3. The fourth-order valence-corrected chi connectivity index (χ4v) is 2.59. The second kappa shape index (κ2) is 7.40. The molecule has 9 heteroatoms. The first-order valence-corrected chi connectivity index (χ1v) is 8.38. The average molecular weight is 369 g/mol. The third-order valence-electron chi connectivity index (χ3n) is 4.19. The highest BCUT2D eigenvalue weighted by Crippen LogP contribution is 2.20. The minimum Gasteiger partial charge on any atom is -0.361 e. The summed E-state index contributed by atoms with van der Waals surface area (Å²) in [5, 5.41) is 21.3. The molecule has 2 heterocycles. The first-order valence-electron chi connectivity index (χ1n) is 8.38. The number of hydrogen-bond donors (Lipinski definition) is 1. The van der Waals surface area contributed by atoms with E-state index in [0.29, 0.717) is 22.9 Å². The van der Waals surface area contributed by atoms with E-state index in [1.165, 1.54) is 16.4 Å². The molecule has 2 aromatic heterocycles. The lowest BCUT2D eigenvalue weighted by molar-refractivity contribution is -0.385. The van der Waals surface area contributed by atoms with Crippen molar-refractivity contribution in [3.63, 3.8) is 0 Å². The molecule has 0 aliphatic carbocycles. The van der Waals surface area contributed by atoms with Crippen LogP contribution in [-0.4, -0.2) is 25.8 Å². The Balaban J connectivity index is 1.78. The van der Waals surface area contributed by atoms with Gasteiger partial charge in [-0.25, -0.2) is 0 Å². The van der Waals surface area contributed by atoms with Crippen molar-refractivity contribution in [2.45, 2.75) is 33.2 Å². The Hall–Kier alpha value is -3.49. The number of nitrogens with zero attached hydrogens (tertiary/aromatic N) is 4. The number of aryl methyl sites for hydroxylation is 1. The molecule has 3 rings (SSSR count). The molecule has 0 radical (unpaired) electrons. The molecule has 3 aromatic rings. The second-order valence-electron chi connectivity index (χ2n) is 6.45. The van der Waals surface area contributed by atoms with Gasteiger partial charge in [0.15, 0.2) is 5.69 Å². The molecule has 0 aliphatic heterocycles. The molecule has 0 atom stereocenters. The first-order chi connectivity index (χ1) is 12.8. The van der Waals surface area contributed by atoms with Gasteiger partial charge in [0, 0.05) is 11.3 Å². The predicted molar refractivity (Wildman–Crippen MR) is 97.7 cm³/mol. The molecule has 1 aromatic carbocycles. The number of rotatable bonds is 6. The van der Waals surface area contributed by atoms with Crippen LogP contribution in [0.4, 0.5) is 11.4 Å². The van der Waals surface area contributed by atoms with E-state index in [2.05, 4.69) is 29.4 Å². The summed E-state index contributed by atoms with van der Waals surface area (Å²) in [6.45, 7) is 6.00. The standard InChI is InChI=1S/C18H19N5O4/c1-11(2)13-4-6-14(7-5-13)20-18(24)17-16(12(3)27-21-17)10-22-9-15(8-19-22)23(25)26/h4-9,11H,10H2,1-3H3,(H,20,24). The van der Waals surface area contributed by atoms with Crippen molar-refractivity contribution in [2.24, 2.45) is 0 Å². The number of carbonyl (C=O) groups is 1. The van der Waals surface area contributed by atoms with E-state index in [1.54, 1.807) is 6.92 Å². The van der Waals surface area contributed by atoms with E-state index in [0.717, 1.165) is 6.20 Å². The number of nitro groups is 1. The Bertz CT molecular complexity index is 972. The maximum absolute atomic E-state index is 12.6. The number of anilines is 1. The number of benzene rings is 1. The monoisotopic (exact) mass is 369 g/mol. The van der Waals surface area contributed by atoms with Gasteiger partial charge in [0.05, 0.1) is 11.5 Å². The zero-order valence-electron chi connectivity index (χ0n) is 15.2. The van der Waals surface area contributed by atoms with Crippen LogP contribution in [0.1, 0.15) is 47.1 Å². The quantitative estimate of drug-likeness (QED) is 0.525. The van der Waals surface area contributed by atoms with Crippen LogP contribution < -0.4 is 5.32 Å². The van der Waals surface area contributed by atoms with Crippen LogP contribution in [0.25, 0.3) is 0 Å². The summed E-state index contributed by atoms with van der Waals surface area (Å²) in [4.78, 5) is 22.9. The molecular formula is C18H19N5O4. The smallest absolute Gasteiger partial charge is 0.307 e. The Morgan fingerprint density at radius 3 is 2.63 bits per heavy atom. The molecule has 0 unspecified atom stereocenters. The lowest BCUT2D eigenvalue weighted by Gasteiger charge is -2.08. The summed E-state index contributed by atoms with van der Waals surface area (Å²) in [6, 6.07) is 7.57. The normalized spacial score (nSPS) is 11.0. The fourth-order valence-electron chi connectivity index (χ4n) is 2.59. The van der Waals surface area contributed by atoms with Gasteiger partial charge in [-0.1, -0.05) is 31.1 Å². The summed E-state index contributed by atoms with van der Waals surface area (Å²) in [6.07, 6.45) is 2.44. The van der Waals surface area contributed by atoms with Crippen LogP contribution in [0.3, 0.4) is 0 Å². The number of nitrogens with one attached hydrogen (secondary N) is 1. The molecule has 0 spiro atoms. The Morgan fingerprint density at radius 2 is 2.04 bits per heavy atom. The lowest BCUT2D eigenvalue weighted by atomic mass is 10.0. The molecule has 0 saturated heterocycles. The molecule has 1 amide bonds. The maximum Gasteiger partial charge on any atom is 0.307 e. The van der Waals surface area contributed by atoms with Crippen LogP contribution in [0.5, 0.6) is 0 Å². The number of amides is 1. The zero-order chi connectivity index (χ0) is 19.6. The van der Waals surface area contributed by atoms with E-state index in [9.17, 15) is 14.9 Å². The molecule has 0 aliphatic rings. The van der Waals surface area contributed by atoms with Crippen LogP contribution in [0.15, 0.2) is 41.2 Å². The van der Waals surface area contributed by atoms with Crippen LogP contribution in [-0.2, 0) is 6.54 Å². The molecule has 1 N–H and O–H groups in total. The topological polar surface area (TPSA) is 116 Å². The molecular weight excluding hydrogens is 350 g/mol. The molecule has 9 nitrogen and oxygen atoms in total. The summed E-state index contributed by atoms with van der Waals surface area (Å²) in [5.41, 5.74) is 2.33. The summed E-state index contributed by atoms with van der Waals surface area (Å²) in [7, 11) is 0. The molecule has 140 valence electrons. The summed E-state index contributed by atoms with van der Waals surface area (Å²) < 4.78 is 6.51. The van der Waals surface area contributed by atoms with Gasteiger partial charge in [-0.3, -0.25) is 19.6 Å². The third-order valence-corrected chi connectivity index (χ3v) is 4.19. The van der Waals surface area contributed by atoms with Crippen molar-refractivity contribution in [3.8, 4) is 0 Å². The Morgan fingerprint density at radius 1 is 1.33 bits per heavy atom. The highest BCUT2D eigenvalue weighted by atomic mass is 16.6. The van der Waals surface area contributed by atoms with Crippen molar-refractivity contribution >= 4 is 17.3 Å². The van der Waals surface area contributed by atoms with Gasteiger partial charge in [0.1, 0.15) is 18.2 Å². The SMILES string of the molecule is Cc1onc(C(=O)Nc2ccc(C(C)C)cc2)c1Cn1cc([N+](=O)[O-])cn1. The summed E-state index contributed by atoms with van der Waals surface area (Å²) >= 11 is 0. The summed E-state index contributed by atoms with van der Waals surface area (Å²) in [5.74, 6) is 0.437. The zero-order valence-corrected chi connectivity index (χ0v) is 15.2. The van der Waals surface area contributed by atoms with E-state index in [4.69, 9.17) is 4.52 Å². The minimum atomic E-state index is -0.529. The molecule has 0 bridgehead atoms. The van der Waals surface area contributed by atoms with Gasteiger partial charge in [-0.15, -0.1) is 0 Å². The maximum atomic E-state index is 12.6. The predicted octanol–water partition coefficient (Wildman–Crippen LogP) is 3.51. The van der Waals surface area contributed by atoms with Gasteiger partial charge in [0.2, 0.25) is 0 Å². The number of aromatic nitrogens is 3. The third kappa shape index (κ3) is 4.02. The Labute approximate surface area is 155 Å². The average Bonchev–Trinajstić information content (AvgIpc) is 3.23. The van der Waals surface area contributed by atoms with Gasteiger partial charge >= 0.3 is 5.69 Å². The van der Waals surface area contributed by atoms with E-state index in [1.807, 2.05) is 24.3 Å². The molecule has 0 fully saturated rings.